The van der Waals surface area contributed by atoms with Gasteiger partial charge in [-0.2, -0.15) is 0 Å². The van der Waals surface area contributed by atoms with E-state index in [1.54, 1.807) is 6.26 Å². The van der Waals surface area contributed by atoms with Crippen molar-refractivity contribution in [2.75, 3.05) is 13.2 Å². The summed E-state index contributed by atoms with van der Waals surface area (Å²) in [6.45, 7) is 4.72. The third-order valence-corrected chi connectivity index (χ3v) is 1.58. The van der Waals surface area contributed by atoms with Gasteiger partial charge in [0.15, 0.2) is 0 Å². The van der Waals surface area contributed by atoms with Gasteiger partial charge in [-0.1, -0.05) is 0 Å². The van der Waals surface area contributed by atoms with Gasteiger partial charge >= 0.3 is 11.9 Å². The lowest BCUT2D eigenvalue weighted by atomic mass is 10.3. The highest BCUT2D eigenvalue weighted by molar-refractivity contribution is 5.90. The monoisotopic (exact) mass is 242 g/mol. The Kier molecular flexibility index (Phi) is 8.46. The minimum Gasteiger partial charge on any atom is -0.501 e. The van der Waals surface area contributed by atoms with E-state index >= 15 is 0 Å². The summed E-state index contributed by atoms with van der Waals surface area (Å²) < 4.78 is 9.95. The van der Waals surface area contributed by atoms with Gasteiger partial charge in [0.2, 0.25) is 0 Å². The van der Waals surface area contributed by atoms with Crippen molar-refractivity contribution in [3.8, 4) is 0 Å². The highest BCUT2D eigenvalue weighted by Gasteiger charge is 1.97. The van der Waals surface area contributed by atoms with E-state index in [-0.39, 0.29) is 6.61 Å². The molecule has 0 aliphatic heterocycles. The molecule has 0 aromatic carbocycles. The first-order valence-corrected chi connectivity index (χ1v) is 5.35. The van der Waals surface area contributed by atoms with Crippen molar-refractivity contribution in [2.24, 2.45) is 0 Å². The number of carboxylic acids is 1. The molecule has 0 saturated heterocycles. The molecular weight excluding hydrogens is 224 g/mol. The van der Waals surface area contributed by atoms with E-state index in [2.05, 4.69) is 0 Å². The average Bonchev–Trinajstić information content (AvgIpc) is 2.24. The fourth-order valence-corrected chi connectivity index (χ4v) is 0.873. The fourth-order valence-electron chi connectivity index (χ4n) is 0.873. The largest absolute Gasteiger partial charge is 0.501 e. The molecule has 0 heterocycles. The highest BCUT2D eigenvalue weighted by Crippen LogP contribution is 1.95. The summed E-state index contributed by atoms with van der Waals surface area (Å²) in [7, 11) is 0. The van der Waals surface area contributed by atoms with Crippen molar-refractivity contribution in [3.05, 3.63) is 24.0 Å². The van der Waals surface area contributed by atoms with Crippen LogP contribution in [0.3, 0.4) is 0 Å². The van der Waals surface area contributed by atoms with Crippen molar-refractivity contribution >= 4 is 11.9 Å². The molecule has 0 spiro atoms. The second-order valence-electron chi connectivity index (χ2n) is 3.61. The number of carboxylic acid groups (broad SMARTS) is 1. The van der Waals surface area contributed by atoms with E-state index < -0.39 is 11.9 Å². The first-order valence-electron chi connectivity index (χ1n) is 5.35. The lowest BCUT2D eigenvalue weighted by Crippen LogP contribution is -2.04. The molecule has 96 valence electrons. The lowest BCUT2D eigenvalue weighted by Gasteiger charge is -2.02. The van der Waals surface area contributed by atoms with Crippen molar-refractivity contribution in [3.63, 3.8) is 0 Å². The van der Waals surface area contributed by atoms with Gasteiger partial charge < -0.3 is 14.6 Å². The number of ether oxygens (including phenoxy) is 2. The predicted octanol–water partition coefficient (Wildman–Crippen LogP) is 1.89. The van der Waals surface area contributed by atoms with Crippen molar-refractivity contribution in [1.82, 2.24) is 0 Å². The second kappa shape index (κ2) is 9.45. The van der Waals surface area contributed by atoms with Crippen LogP contribution in [0.2, 0.25) is 0 Å². The Morgan fingerprint density at radius 1 is 1.12 bits per heavy atom. The maximum Gasteiger partial charge on any atom is 0.331 e. The molecule has 17 heavy (non-hydrogen) atoms. The molecular formula is C12H18O5. The molecule has 0 atom stereocenters. The molecule has 5 nitrogen and oxygen atoms in total. The van der Waals surface area contributed by atoms with Crippen LogP contribution in [0.1, 0.15) is 26.7 Å². The minimum absolute atomic E-state index is 0.265. The van der Waals surface area contributed by atoms with Crippen LogP contribution in [0.15, 0.2) is 24.0 Å². The molecule has 0 fully saturated rings. The number of hydrogen-bond donors (Lipinski definition) is 1. The summed E-state index contributed by atoms with van der Waals surface area (Å²) in [5.41, 5.74) is 1.09. The van der Waals surface area contributed by atoms with E-state index in [4.69, 9.17) is 14.6 Å². The summed E-state index contributed by atoms with van der Waals surface area (Å²) in [6, 6.07) is 0. The number of hydrogen-bond acceptors (Lipinski definition) is 4. The third-order valence-electron chi connectivity index (χ3n) is 1.58. The Balaban J connectivity index is 3.43. The highest BCUT2D eigenvalue weighted by atomic mass is 16.5. The Labute approximate surface area is 101 Å². The molecule has 5 heteroatoms. The van der Waals surface area contributed by atoms with Crippen LogP contribution in [-0.4, -0.2) is 30.3 Å². The summed E-state index contributed by atoms with van der Waals surface area (Å²) in [6.07, 6.45) is 4.78. The Hall–Kier alpha value is -1.78. The van der Waals surface area contributed by atoms with Gasteiger partial charge in [0.25, 0.3) is 0 Å². The SMILES string of the molecule is CC(C)=COCCCCOC(=O)/C=C\C(=O)O. The molecule has 0 aliphatic rings. The summed E-state index contributed by atoms with van der Waals surface area (Å²) in [5.74, 6) is -1.81. The van der Waals surface area contributed by atoms with Crippen LogP contribution in [-0.2, 0) is 19.1 Å². The number of carbonyl (C=O) groups is 2. The number of esters is 1. The average molecular weight is 242 g/mol. The molecule has 0 aliphatic carbocycles. The van der Waals surface area contributed by atoms with E-state index in [0.717, 1.165) is 24.1 Å². The Morgan fingerprint density at radius 2 is 1.76 bits per heavy atom. The molecule has 0 bridgehead atoms. The van der Waals surface area contributed by atoms with E-state index in [9.17, 15) is 9.59 Å². The summed E-state index contributed by atoms with van der Waals surface area (Å²) in [5, 5.41) is 8.26. The van der Waals surface area contributed by atoms with Crippen LogP contribution in [0.25, 0.3) is 0 Å². The molecule has 1 N–H and O–H groups in total. The topological polar surface area (TPSA) is 72.8 Å². The van der Waals surface area contributed by atoms with Gasteiger partial charge in [0.05, 0.1) is 19.5 Å². The fraction of sp³-hybridized carbons (Fsp3) is 0.500. The van der Waals surface area contributed by atoms with Crippen LogP contribution < -0.4 is 0 Å². The molecule has 0 aromatic rings. The van der Waals surface area contributed by atoms with Crippen LogP contribution in [0.4, 0.5) is 0 Å². The van der Waals surface area contributed by atoms with Crippen molar-refractivity contribution in [1.29, 1.82) is 0 Å². The zero-order chi connectivity index (χ0) is 13.1. The number of rotatable bonds is 8. The summed E-state index contributed by atoms with van der Waals surface area (Å²) >= 11 is 0. The zero-order valence-corrected chi connectivity index (χ0v) is 10.1. The van der Waals surface area contributed by atoms with Gasteiger partial charge in [-0.05, 0) is 32.3 Å². The van der Waals surface area contributed by atoms with Gasteiger partial charge in [0.1, 0.15) is 0 Å². The van der Waals surface area contributed by atoms with E-state index in [1.807, 2.05) is 13.8 Å². The number of aliphatic carboxylic acids is 1. The van der Waals surface area contributed by atoms with Gasteiger partial charge in [-0.15, -0.1) is 0 Å². The number of unbranched alkanes of at least 4 members (excludes halogenated alkanes) is 1. The van der Waals surface area contributed by atoms with Gasteiger partial charge in [0, 0.05) is 12.2 Å². The molecule has 0 amide bonds. The molecule has 0 unspecified atom stereocenters. The zero-order valence-electron chi connectivity index (χ0n) is 10.1. The summed E-state index contributed by atoms with van der Waals surface area (Å²) in [4.78, 5) is 21.0. The quantitative estimate of drug-likeness (QED) is 0.304. The Bertz CT molecular complexity index is 300. The van der Waals surface area contributed by atoms with Crippen LogP contribution >= 0.6 is 0 Å². The standard InChI is InChI=1S/C12H18O5/c1-10(2)9-16-7-3-4-8-17-12(15)6-5-11(13)14/h5-6,9H,3-4,7-8H2,1-2H3,(H,13,14)/b6-5-. The number of carbonyl (C=O) groups excluding carboxylic acids is 1. The normalized spacial score (nSPS) is 10.0. The predicted molar refractivity (Wildman–Crippen MR) is 62.4 cm³/mol. The third kappa shape index (κ3) is 12.2. The molecule has 0 radical (unpaired) electrons. The molecule has 0 rings (SSSR count). The first kappa shape index (κ1) is 15.2. The minimum atomic E-state index is -1.17. The van der Waals surface area contributed by atoms with E-state index in [1.165, 1.54) is 0 Å². The maximum absolute atomic E-state index is 10.9. The lowest BCUT2D eigenvalue weighted by molar-refractivity contribution is -0.138. The second-order valence-corrected chi connectivity index (χ2v) is 3.61. The smallest absolute Gasteiger partial charge is 0.331 e. The van der Waals surface area contributed by atoms with Crippen molar-refractivity contribution in [2.45, 2.75) is 26.7 Å². The molecule has 0 saturated carbocycles. The van der Waals surface area contributed by atoms with Gasteiger partial charge in [-0.25, -0.2) is 9.59 Å². The number of allylic oxidation sites excluding steroid dienone is 1. The van der Waals surface area contributed by atoms with Crippen LogP contribution in [0.5, 0.6) is 0 Å². The maximum atomic E-state index is 10.9. The van der Waals surface area contributed by atoms with E-state index in [0.29, 0.717) is 13.0 Å². The Morgan fingerprint density at radius 3 is 2.35 bits per heavy atom. The molecule has 0 aromatic heterocycles. The first-order chi connectivity index (χ1) is 8.02. The van der Waals surface area contributed by atoms with Crippen molar-refractivity contribution < 1.29 is 24.2 Å². The van der Waals surface area contributed by atoms with Crippen LogP contribution in [0, 0.1) is 0 Å². The van der Waals surface area contributed by atoms with Gasteiger partial charge in [-0.3, -0.25) is 0 Å².